The molecular weight excluding hydrogens is 504 g/mol. The Hall–Kier alpha value is -2.74. The van der Waals surface area contributed by atoms with Crippen molar-refractivity contribution >= 4 is 22.9 Å². The molecule has 3 heterocycles. The molecule has 208 valence electrons. The molecule has 0 bridgehead atoms. The van der Waals surface area contributed by atoms with Crippen LogP contribution in [0.25, 0.3) is 0 Å². The molecule has 0 saturated carbocycles. The van der Waals surface area contributed by atoms with Crippen LogP contribution in [0.2, 0.25) is 0 Å². The molecule has 6 nitrogen and oxygen atoms in total. The highest BCUT2D eigenvalue weighted by Gasteiger charge is 2.29. The Morgan fingerprint density at radius 1 is 0.974 bits per heavy atom. The fourth-order valence-corrected chi connectivity index (χ4v) is 6.33. The predicted molar refractivity (Wildman–Crippen MR) is 159 cm³/mol. The number of benzene rings is 2. The molecule has 3 aromatic rings. The summed E-state index contributed by atoms with van der Waals surface area (Å²) in [6.45, 7) is 9.16. The number of carbonyl (C=O) groups excluding carboxylic acids is 1. The number of thiazole rings is 1. The molecule has 5 rings (SSSR count). The van der Waals surface area contributed by atoms with Crippen LogP contribution in [-0.4, -0.2) is 66.1 Å². The van der Waals surface area contributed by atoms with Crippen LogP contribution in [0, 0.1) is 0 Å². The molecule has 0 radical (unpaired) electrons. The molecule has 1 amide bonds. The van der Waals surface area contributed by atoms with Gasteiger partial charge in [0.15, 0.2) is 0 Å². The lowest BCUT2D eigenvalue weighted by Crippen LogP contribution is -2.46. The lowest BCUT2D eigenvalue weighted by Gasteiger charge is -2.38. The Bertz CT molecular complexity index is 1140. The van der Waals surface area contributed by atoms with E-state index in [1.165, 1.54) is 41.1 Å². The number of nitrogens with zero attached hydrogens (tertiary/aromatic N) is 4. The molecule has 0 N–H and O–H groups in total. The average molecular weight is 547 g/mol. The van der Waals surface area contributed by atoms with Crippen molar-refractivity contribution in [3.63, 3.8) is 0 Å². The zero-order chi connectivity index (χ0) is 26.9. The molecular formula is C32H42N4O2S. The van der Waals surface area contributed by atoms with Crippen molar-refractivity contribution in [1.82, 2.24) is 14.8 Å². The SMILES string of the molecule is CCCCCc1ccc(C(=O)N(Cc2ccc(N3CCOCC3)cc2)C2CCN(Cc3nccs3)CC2)cc1. The molecule has 2 aliphatic rings. The first-order chi connectivity index (χ1) is 19.2. The van der Waals surface area contributed by atoms with Crippen molar-refractivity contribution in [3.05, 3.63) is 81.8 Å². The molecule has 0 spiro atoms. The summed E-state index contributed by atoms with van der Waals surface area (Å²) in [4.78, 5) is 25.4. The number of hydrogen-bond acceptors (Lipinski definition) is 6. The van der Waals surface area contributed by atoms with Gasteiger partial charge in [0.25, 0.3) is 5.91 Å². The number of carbonyl (C=O) groups is 1. The lowest BCUT2D eigenvalue weighted by molar-refractivity contribution is 0.0542. The Morgan fingerprint density at radius 2 is 1.69 bits per heavy atom. The fraction of sp³-hybridized carbons (Fsp3) is 0.500. The van der Waals surface area contributed by atoms with E-state index >= 15 is 0 Å². The third-order valence-corrected chi connectivity index (χ3v) is 8.80. The number of likely N-dealkylation sites (tertiary alicyclic amines) is 1. The van der Waals surface area contributed by atoms with Crippen molar-refractivity contribution in [3.8, 4) is 0 Å². The summed E-state index contributed by atoms with van der Waals surface area (Å²) >= 11 is 1.72. The first-order valence-corrected chi connectivity index (χ1v) is 15.5. The normalized spacial score (nSPS) is 16.9. The van der Waals surface area contributed by atoms with E-state index in [9.17, 15) is 4.79 Å². The van der Waals surface area contributed by atoms with Crippen LogP contribution in [-0.2, 0) is 24.2 Å². The standard InChI is InChI=1S/C32H42N4O2S/c1-2-3-4-5-26-6-10-28(11-7-26)32(37)36(30-14-17-34(18-15-30)25-31-33-16-23-39-31)24-27-8-12-29(13-9-27)35-19-21-38-22-20-35/h6-13,16,23,30H,2-5,14-15,17-22,24-25H2,1H3. The van der Waals surface area contributed by atoms with Crippen molar-refractivity contribution < 1.29 is 9.53 Å². The van der Waals surface area contributed by atoms with Crippen LogP contribution in [0.3, 0.4) is 0 Å². The van der Waals surface area contributed by atoms with Crippen molar-refractivity contribution in [1.29, 1.82) is 0 Å². The van der Waals surface area contributed by atoms with Crippen LogP contribution < -0.4 is 4.90 Å². The van der Waals surface area contributed by atoms with Crippen molar-refractivity contribution in [2.45, 2.75) is 64.6 Å². The van der Waals surface area contributed by atoms with Gasteiger partial charge in [-0.25, -0.2) is 4.98 Å². The summed E-state index contributed by atoms with van der Waals surface area (Å²) in [5.41, 5.74) is 4.53. The molecule has 2 aromatic carbocycles. The topological polar surface area (TPSA) is 48.9 Å². The summed E-state index contributed by atoms with van der Waals surface area (Å²) in [6, 6.07) is 17.4. The summed E-state index contributed by atoms with van der Waals surface area (Å²) in [6.07, 6.45) is 8.61. The third kappa shape index (κ3) is 7.68. The van der Waals surface area contributed by atoms with E-state index in [1.807, 2.05) is 23.7 Å². The van der Waals surface area contributed by atoms with E-state index < -0.39 is 0 Å². The van der Waals surface area contributed by atoms with Crippen molar-refractivity contribution in [2.24, 2.45) is 0 Å². The summed E-state index contributed by atoms with van der Waals surface area (Å²) < 4.78 is 5.51. The van der Waals surface area contributed by atoms with E-state index in [0.29, 0.717) is 6.54 Å². The highest BCUT2D eigenvalue weighted by atomic mass is 32.1. The van der Waals surface area contributed by atoms with Crippen LogP contribution in [0.4, 0.5) is 5.69 Å². The first-order valence-electron chi connectivity index (χ1n) is 14.6. The van der Waals surface area contributed by atoms with Gasteiger partial charge in [-0.1, -0.05) is 44.0 Å². The second-order valence-electron chi connectivity index (χ2n) is 10.8. The lowest BCUT2D eigenvalue weighted by atomic mass is 9.99. The number of rotatable bonds is 11. The smallest absolute Gasteiger partial charge is 0.254 e. The number of ether oxygens (including phenoxy) is 1. The summed E-state index contributed by atoms with van der Waals surface area (Å²) in [5.74, 6) is 0.144. The molecule has 0 unspecified atom stereocenters. The van der Waals surface area contributed by atoms with Crippen LogP contribution in [0.15, 0.2) is 60.1 Å². The molecule has 39 heavy (non-hydrogen) atoms. The third-order valence-electron chi connectivity index (χ3n) is 8.04. The molecule has 0 aliphatic carbocycles. The zero-order valence-corrected chi connectivity index (χ0v) is 24.1. The highest BCUT2D eigenvalue weighted by molar-refractivity contribution is 7.09. The number of aromatic nitrogens is 1. The quantitative estimate of drug-likeness (QED) is 0.275. The van der Waals surface area contributed by atoms with Crippen molar-refractivity contribution in [2.75, 3.05) is 44.3 Å². The number of morpholine rings is 1. The van der Waals surface area contributed by atoms with Gasteiger partial charge in [0, 0.05) is 61.6 Å². The Labute approximate surface area is 237 Å². The summed E-state index contributed by atoms with van der Waals surface area (Å²) in [7, 11) is 0. The van der Waals surface area contributed by atoms with E-state index in [4.69, 9.17) is 4.74 Å². The fourth-order valence-electron chi connectivity index (χ4n) is 5.67. The second kappa shape index (κ2) is 14.1. The van der Waals surface area contributed by atoms with Gasteiger partial charge in [-0.2, -0.15) is 0 Å². The number of hydrogen-bond donors (Lipinski definition) is 0. The Kier molecular flexibility index (Phi) is 10.0. The molecule has 2 saturated heterocycles. The van der Waals surface area contributed by atoms with E-state index in [1.54, 1.807) is 11.3 Å². The largest absolute Gasteiger partial charge is 0.378 e. The average Bonchev–Trinajstić information content (AvgIpc) is 3.50. The Balaban J connectivity index is 1.28. The monoisotopic (exact) mass is 546 g/mol. The number of aryl methyl sites for hydroxylation is 1. The van der Waals surface area contributed by atoms with Gasteiger partial charge < -0.3 is 14.5 Å². The van der Waals surface area contributed by atoms with Gasteiger partial charge in [-0.05, 0) is 61.1 Å². The van der Waals surface area contributed by atoms with Gasteiger partial charge in [-0.15, -0.1) is 11.3 Å². The molecule has 7 heteroatoms. The molecule has 2 aliphatic heterocycles. The Morgan fingerprint density at radius 3 is 2.36 bits per heavy atom. The number of unbranched alkanes of at least 4 members (excludes halogenated alkanes) is 2. The van der Waals surface area contributed by atoms with Gasteiger partial charge in [0.05, 0.1) is 19.8 Å². The van der Waals surface area contributed by atoms with Gasteiger partial charge in [0.1, 0.15) is 5.01 Å². The zero-order valence-electron chi connectivity index (χ0n) is 23.3. The maximum Gasteiger partial charge on any atom is 0.254 e. The number of amides is 1. The minimum absolute atomic E-state index is 0.144. The van der Waals surface area contributed by atoms with E-state index in [2.05, 4.69) is 63.0 Å². The number of anilines is 1. The number of piperidine rings is 1. The maximum atomic E-state index is 14.0. The summed E-state index contributed by atoms with van der Waals surface area (Å²) in [5, 5.41) is 3.21. The predicted octanol–water partition coefficient (Wildman–Crippen LogP) is 6.02. The van der Waals surface area contributed by atoms with Gasteiger partial charge >= 0.3 is 0 Å². The van der Waals surface area contributed by atoms with Gasteiger partial charge in [0.2, 0.25) is 0 Å². The van der Waals surface area contributed by atoms with Crippen LogP contribution in [0.5, 0.6) is 0 Å². The minimum Gasteiger partial charge on any atom is -0.378 e. The highest BCUT2D eigenvalue weighted by Crippen LogP contribution is 2.25. The minimum atomic E-state index is 0.144. The second-order valence-corrected chi connectivity index (χ2v) is 11.8. The molecule has 0 atom stereocenters. The van der Waals surface area contributed by atoms with Gasteiger partial charge in [-0.3, -0.25) is 9.69 Å². The van der Waals surface area contributed by atoms with E-state index in [0.717, 1.165) is 70.8 Å². The molecule has 2 fully saturated rings. The molecule has 1 aromatic heterocycles. The first kappa shape index (κ1) is 27.8. The van der Waals surface area contributed by atoms with Crippen LogP contribution in [0.1, 0.15) is 65.5 Å². The maximum absolute atomic E-state index is 14.0. The van der Waals surface area contributed by atoms with E-state index in [-0.39, 0.29) is 11.9 Å². The van der Waals surface area contributed by atoms with Crippen LogP contribution >= 0.6 is 11.3 Å².